The van der Waals surface area contributed by atoms with E-state index in [-0.39, 0.29) is 52.8 Å². The van der Waals surface area contributed by atoms with Crippen molar-refractivity contribution in [3.8, 4) is 17.6 Å². The summed E-state index contributed by atoms with van der Waals surface area (Å²) in [5, 5.41) is 5.51. The first kappa shape index (κ1) is 49.1. The molecule has 71 heavy (non-hydrogen) atoms. The predicted molar refractivity (Wildman–Crippen MR) is 268 cm³/mol. The number of carbonyl (C=O) groups is 5. The molecule has 19 heteroatoms. The lowest BCUT2D eigenvalue weighted by atomic mass is 10.0. The van der Waals surface area contributed by atoms with Gasteiger partial charge in [0.05, 0.1) is 36.0 Å². The van der Waals surface area contributed by atoms with Crippen molar-refractivity contribution in [1.82, 2.24) is 34.9 Å². The highest BCUT2D eigenvalue weighted by Gasteiger charge is 2.40. The number of benzene rings is 3. The molecule has 3 saturated heterocycles. The van der Waals surface area contributed by atoms with Crippen LogP contribution in [0.25, 0.3) is 0 Å². The number of hydrogen-bond acceptors (Lipinski definition) is 13. The number of likely N-dealkylation sites (tertiary alicyclic amines) is 1. The number of hydrogen-bond donors (Lipinski definition) is 2. The molecule has 9 rings (SSSR count). The van der Waals surface area contributed by atoms with Crippen LogP contribution in [0.2, 0.25) is 0 Å². The number of fused-ring (bicyclic) bond motifs is 3. The summed E-state index contributed by atoms with van der Waals surface area (Å²) < 4.78 is 33.5. The van der Waals surface area contributed by atoms with Crippen LogP contribution in [0.15, 0.2) is 66.9 Å². The Bertz CT molecular complexity index is 2900. The van der Waals surface area contributed by atoms with Crippen molar-refractivity contribution >= 4 is 68.4 Å². The Balaban J connectivity index is 0.709. The highest BCUT2D eigenvalue weighted by molar-refractivity contribution is 7.92. The Morgan fingerprint density at radius 3 is 2.39 bits per heavy atom. The number of unbranched alkanes of at least 4 members (excludes halogenated alkanes) is 4. The molecule has 0 radical (unpaired) electrons. The van der Waals surface area contributed by atoms with E-state index in [1.54, 1.807) is 60.5 Å². The first-order valence-electron chi connectivity index (χ1n) is 24.6. The SMILES string of the molecule is CCOc1cc(C(=O)N2CCC(N3CCN(CCCCCCC#Cc4cccc5c4CN(C4CCC(=O)NC4=O)C5=O)CC3)CC2)ccc1Nc1ncc2c(n1)N(S(C)(=O)=O)c1ccccc1C(=O)N2C. The van der Waals surface area contributed by atoms with E-state index in [4.69, 9.17) is 4.74 Å². The number of piperazine rings is 1. The second kappa shape index (κ2) is 21.2. The van der Waals surface area contributed by atoms with Gasteiger partial charge in [0, 0.05) is 88.4 Å². The third-order valence-electron chi connectivity index (χ3n) is 14.1. The number of sulfonamides is 1. The van der Waals surface area contributed by atoms with Gasteiger partial charge in [-0.3, -0.25) is 34.2 Å². The second-order valence-corrected chi connectivity index (χ2v) is 20.5. The second-order valence-electron chi connectivity index (χ2n) is 18.7. The average molecular weight is 985 g/mol. The van der Waals surface area contributed by atoms with Gasteiger partial charge in [0.1, 0.15) is 17.5 Å². The summed E-state index contributed by atoms with van der Waals surface area (Å²) in [6.07, 6.45) is 10.0. The van der Waals surface area contributed by atoms with Crippen LogP contribution in [-0.4, -0.2) is 145 Å². The summed E-state index contributed by atoms with van der Waals surface area (Å²) in [6, 6.07) is 17.0. The molecule has 5 aliphatic heterocycles. The first-order valence-corrected chi connectivity index (χ1v) is 26.4. The third-order valence-corrected chi connectivity index (χ3v) is 15.1. The van der Waals surface area contributed by atoms with E-state index in [1.807, 2.05) is 24.0 Å². The number of anilines is 5. The number of aromatic nitrogens is 2. The van der Waals surface area contributed by atoms with E-state index in [0.29, 0.717) is 61.3 Å². The Hall–Kier alpha value is -6.88. The van der Waals surface area contributed by atoms with Crippen LogP contribution >= 0.6 is 0 Å². The fourth-order valence-electron chi connectivity index (χ4n) is 10.3. The number of imide groups is 1. The molecule has 2 N–H and O–H groups in total. The molecule has 18 nitrogen and oxygen atoms in total. The van der Waals surface area contributed by atoms with Gasteiger partial charge >= 0.3 is 0 Å². The maximum Gasteiger partial charge on any atom is 0.260 e. The minimum atomic E-state index is -3.94. The van der Waals surface area contributed by atoms with Crippen LogP contribution in [0.3, 0.4) is 0 Å². The number of nitrogens with zero attached hydrogens (tertiary/aromatic N) is 8. The van der Waals surface area contributed by atoms with Crippen LogP contribution in [0.4, 0.5) is 28.8 Å². The van der Waals surface area contributed by atoms with Gasteiger partial charge in [0.15, 0.2) is 5.82 Å². The van der Waals surface area contributed by atoms with Crippen LogP contribution in [0, 0.1) is 11.8 Å². The van der Waals surface area contributed by atoms with Crippen molar-refractivity contribution in [2.24, 2.45) is 0 Å². The van der Waals surface area contributed by atoms with Crippen molar-refractivity contribution in [3.05, 3.63) is 94.7 Å². The molecule has 1 unspecified atom stereocenters. The molecular formula is C52H60N10O8S. The lowest BCUT2D eigenvalue weighted by Gasteiger charge is -2.42. The van der Waals surface area contributed by atoms with Crippen LogP contribution in [0.1, 0.15) is 107 Å². The smallest absolute Gasteiger partial charge is 0.260 e. The monoisotopic (exact) mass is 984 g/mol. The fraction of sp³-hybridized carbons (Fsp3) is 0.442. The van der Waals surface area contributed by atoms with Gasteiger partial charge in [-0.25, -0.2) is 17.7 Å². The quantitative estimate of drug-likeness (QED) is 0.0940. The molecule has 3 aromatic carbocycles. The summed E-state index contributed by atoms with van der Waals surface area (Å²) in [6.45, 7) is 9.01. The third kappa shape index (κ3) is 10.6. The van der Waals surface area contributed by atoms with Gasteiger partial charge in [-0.2, -0.15) is 4.98 Å². The lowest BCUT2D eigenvalue weighted by molar-refractivity contribution is -0.136. The number of ether oxygens (including phenoxy) is 1. The first-order chi connectivity index (χ1) is 34.3. The number of para-hydroxylation sites is 1. The van der Waals surface area contributed by atoms with E-state index in [0.717, 1.165) is 99.4 Å². The molecule has 0 bridgehead atoms. The van der Waals surface area contributed by atoms with Crippen molar-refractivity contribution < 1.29 is 37.1 Å². The van der Waals surface area contributed by atoms with Gasteiger partial charge in [-0.1, -0.05) is 42.9 Å². The van der Waals surface area contributed by atoms with E-state index in [9.17, 15) is 32.4 Å². The van der Waals surface area contributed by atoms with Gasteiger partial charge < -0.3 is 29.7 Å². The summed E-state index contributed by atoms with van der Waals surface area (Å²) in [5.41, 5.74) is 3.87. The number of rotatable bonds is 14. The maximum absolute atomic E-state index is 13.9. The van der Waals surface area contributed by atoms with Crippen molar-refractivity contribution in [1.29, 1.82) is 0 Å². The molecule has 4 aromatic rings. The predicted octanol–water partition coefficient (Wildman–Crippen LogP) is 5.29. The highest BCUT2D eigenvalue weighted by Crippen LogP contribution is 2.41. The van der Waals surface area contributed by atoms with Gasteiger partial charge in [0.2, 0.25) is 27.8 Å². The molecule has 5 amide bonds. The van der Waals surface area contributed by atoms with Crippen molar-refractivity contribution in [3.63, 3.8) is 0 Å². The number of carbonyl (C=O) groups excluding carboxylic acids is 5. The number of nitrogens with one attached hydrogen (secondary N) is 2. The molecule has 5 aliphatic rings. The summed E-state index contributed by atoms with van der Waals surface area (Å²) in [5.74, 6) is 5.74. The molecule has 0 aliphatic carbocycles. The van der Waals surface area contributed by atoms with Gasteiger partial charge in [-0.05, 0) is 93.6 Å². The molecular weight excluding hydrogens is 925 g/mol. The maximum atomic E-state index is 13.9. The normalized spacial score (nSPS) is 18.8. The van der Waals surface area contributed by atoms with Crippen molar-refractivity contribution in [2.75, 3.05) is 80.2 Å². The van der Waals surface area contributed by atoms with Crippen molar-refractivity contribution in [2.45, 2.75) is 83.3 Å². The molecule has 6 heterocycles. The van der Waals surface area contributed by atoms with Gasteiger partial charge in [0.25, 0.3) is 17.7 Å². The van der Waals surface area contributed by atoms with Crippen LogP contribution in [-0.2, 0) is 26.2 Å². The standard InChI is InChI=1S/C52H60N10O8S/c1-4-70-45-32-36(19-20-41(45)54-52-53-33-44-47(56-52)62(71(3,68)69)42-18-11-10-16-39(42)50(66)57(44)2)49(65)60-26-23-37(24-27-60)59-30-28-58(29-31-59)25-12-8-6-5-7-9-14-35-15-13-17-38-40(35)34-61(51(38)67)43-21-22-46(63)55-48(43)64/h10-11,13,15-20,32-33,37,43H,4-8,12,21-31,34H2,1-3H3,(H,53,54,56)(H,55,63,64). The topological polar surface area (TPSA) is 198 Å². The Kier molecular flexibility index (Phi) is 14.7. The van der Waals surface area contributed by atoms with E-state index < -0.39 is 27.9 Å². The van der Waals surface area contributed by atoms with Crippen LogP contribution in [0.5, 0.6) is 5.75 Å². The minimum absolute atomic E-state index is 0.0163. The largest absolute Gasteiger partial charge is 0.492 e. The summed E-state index contributed by atoms with van der Waals surface area (Å²) in [4.78, 5) is 83.5. The Morgan fingerprint density at radius 1 is 0.873 bits per heavy atom. The summed E-state index contributed by atoms with van der Waals surface area (Å²) >= 11 is 0. The molecule has 372 valence electrons. The zero-order valence-corrected chi connectivity index (χ0v) is 41.3. The number of piperidine rings is 2. The van der Waals surface area contributed by atoms with E-state index >= 15 is 0 Å². The highest BCUT2D eigenvalue weighted by atomic mass is 32.2. The molecule has 0 saturated carbocycles. The molecule has 0 spiro atoms. The average Bonchev–Trinajstić information content (AvgIpc) is 3.66. The molecule has 1 aromatic heterocycles. The van der Waals surface area contributed by atoms with E-state index in [1.165, 1.54) is 11.1 Å². The zero-order chi connectivity index (χ0) is 49.8. The molecule has 3 fully saturated rings. The van der Waals surface area contributed by atoms with E-state index in [2.05, 4.69) is 42.2 Å². The lowest BCUT2D eigenvalue weighted by Crippen LogP contribution is -2.53. The molecule has 1 atom stereocenters. The minimum Gasteiger partial charge on any atom is -0.492 e. The fourth-order valence-corrected chi connectivity index (χ4v) is 11.2. The summed E-state index contributed by atoms with van der Waals surface area (Å²) in [7, 11) is -2.39. The van der Waals surface area contributed by atoms with Crippen LogP contribution < -0.4 is 24.6 Å². The Morgan fingerprint density at radius 2 is 1.63 bits per heavy atom. The number of amides is 5. The Labute approximate surface area is 414 Å². The zero-order valence-electron chi connectivity index (χ0n) is 40.5. The van der Waals surface area contributed by atoms with Gasteiger partial charge in [-0.15, -0.1) is 0 Å².